The molecule has 1 aliphatic carbocycles. The lowest BCUT2D eigenvalue weighted by Crippen LogP contribution is -2.13. The van der Waals surface area contributed by atoms with E-state index in [1.54, 1.807) is 50.6 Å². The van der Waals surface area contributed by atoms with Crippen molar-refractivity contribution in [2.75, 3.05) is 57.0 Å². The maximum Gasteiger partial charge on any atom is 0.265 e. The van der Waals surface area contributed by atoms with E-state index in [1.807, 2.05) is 6.07 Å². The summed E-state index contributed by atoms with van der Waals surface area (Å²) in [6, 6.07) is 12.6. The Hall–Kier alpha value is -4.30. The Morgan fingerprint density at radius 1 is 0.955 bits per heavy atom. The smallest absolute Gasteiger partial charge is 0.265 e. The molecular formula is C31H36N6O6S. The molecule has 13 heteroatoms. The number of hydrogen-bond acceptors (Lipinski definition) is 12. The number of ether oxygens (including phenoxy) is 4. The SMILES string of the molecule is COCCOc1ccc(Nc2nc(N)nc(-c3cccc(NC(=O)c4cc5c(s4)CCCC5)c3CO)n2)cc1OCCOC. The summed E-state index contributed by atoms with van der Waals surface area (Å²) in [6.45, 7) is 1.17. The predicted molar refractivity (Wildman–Crippen MR) is 169 cm³/mol. The van der Waals surface area contributed by atoms with Gasteiger partial charge in [-0.15, -0.1) is 11.3 Å². The van der Waals surface area contributed by atoms with E-state index in [1.165, 1.54) is 21.8 Å². The van der Waals surface area contributed by atoms with Gasteiger partial charge < -0.3 is 40.4 Å². The first-order valence-corrected chi connectivity index (χ1v) is 15.1. The number of carbonyl (C=O) groups is 1. The first kappa shape index (κ1) is 31.1. The molecule has 1 amide bonds. The number of methoxy groups -OCH3 is 2. The van der Waals surface area contributed by atoms with Gasteiger partial charge in [-0.25, -0.2) is 0 Å². The van der Waals surface area contributed by atoms with Crippen molar-refractivity contribution in [1.82, 2.24) is 15.0 Å². The molecule has 0 fully saturated rings. The topological polar surface area (TPSA) is 163 Å². The van der Waals surface area contributed by atoms with Crippen LogP contribution in [0.25, 0.3) is 11.4 Å². The van der Waals surface area contributed by atoms with Crippen molar-refractivity contribution in [1.29, 1.82) is 0 Å². The number of carbonyl (C=O) groups excluding carboxylic acids is 1. The molecule has 0 aliphatic heterocycles. The molecule has 0 saturated heterocycles. The fraction of sp³-hybridized carbons (Fsp3) is 0.355. The number of aromatic nitrogens is 3. The quantitative estimate of drug-likeness (QED) is 0.146. The van der Waals surface area contributed by atoms with E-state index in [-0.39, 0.29) is 30.2 Å². The zero-order valence-electron chi connectivity index (χ0n) is 24.7. The van der Waals surface area contributed by atoms with Gasteiger partial charge in [0.1, 0.15) is 13.2 Å². The minimum Gasteiger partial charge on any atom is -0.487 e. The van der Waals surface area contributed by atoms with Crippen molar-refractivity contribution in [3.05, 3.63) is 63.3 Å². The molecule has 2 aromatic heterocycles. The fourth-order valence-electron chi connectivity index (χ4n) is 4.86. The molecule has 2 heterocycles. The van der Waals surface area contributed by atoms with Crippen LogP contribution in [0.2, 0.25) is 0 Å². The molecule has 2 aromatic carbocycles. The van der Waals surface area contributed by atoms with Gasteiger partial charge in [-0.2, -0.15) is 15.0 Å². The number of fused-ring (bicyclic) bond motifs is 1. The van der Waals surface area contributed by atoms with Gasteiger partial charge in [-0.3, -0.25) is 4.79 Å². The highest BCUT2D eigenvalue weighted by molar-refractivity contribution is 7.14. The molecule has 0 saturated carbocycles. The van der Waals surface area contributed by atoms with Crippen LogP contribution in [0.4, 0.5) is 23.3 Å². The Bertz CT molecular complexity index is 1570. The summed E-state index contributed by atoms with van der Waals surface area (Å²) in [7, 11) is 3.20. The number of hydrogen-bond donors (Lipinski definition) is 4. The number of amides is 1. The van der Waals surface area contributed by atoms with Crippen molar-refractivity contribution in [3.8, 4) is 22.9 Å². The second-order valence-corrected chi connectivity index (χ2v) is 11.2. The van der Waals surface area contributed by atoms with Gasteiger partial charge in [0.2, 0.25) is 11.9 Å². The van der Waals surface area contributed by atoms with E-state index in [0.717, 1.165) is 25.7 Å². The van der Waals surface area contributed by atoms with Crippen LogP contribution in [0.3, 0.4) is 0 Å². The lowest BCUT2D eigenvalue weighted by molar-refractivity contribution is 0.103. The van der Waals surface area contributed by atoms with Crippen molar-refractivity contribution < 1.29 is 28.8 Å². The van der Waals surface area contributed by atoms with Gasteiger partial charge in [0.25, 0.3) is 5.91 Å². The summed E-state index contributed by atoms with van der Waals surface area (Å²) in [6.07, 6.45) is 4.30. The Balaban J connectivity index is 1.38. The van der Waals surface area contributed by atoms with Crippen LogP contribution < -0.4 is 25.8 Å². The fourth-order valence-corrected chi connectivity index (χ4v) is 6.00. The van der Waals surface area contributed by atoms with Gasteiger partial charge in [0, 0.05) is 47.7 Å². The third kappa shape index (κ3) is 7.61. The van der Waals surface area contributed by atoms with Gasteiger partial charge in [-0.1, -0.05) is 12.1 Å². The molecule has 0 atom stereocenters. The van der Waals surface area contributed by atoms with Crippen LogP contribution in [0.15, 0.2) is 42.5 Å². The van der Waals surface area contributed by atoms with Crippen LogP contribution in [0.1, 0.15) is 38.5 Å². The summed E-state index contributed by atoms with van der Waals surface area (Å²) in [5, 5.41) is 16.5. The zero-order chi connectivity index (χ0) is 30.9. The van der Waals surface area contributed by atoms with Gasteiger partial charge in [0.15, 0.2) is 17.3 Å². The van der Waals surface area contributed by atoms with E-state index in [0.29, 0.717) is 65.3 Å². The van der Waals surface area contributed by atoms with Crippen molar-refractivity contribution in [2.24, 2.45) is 0 Å². The third-order valence-corrected chi connectivity index (χ3v) is 8.22. The summed E-state index contributed by atoms with van der Waals surface area (Å²) in [5.74, 6) is 1.24. The largest absolute Gasteiger partial charge is 0.487 e. The van der Waals surface area contributed by atoms with Crippen LogP contribution in [-0.4, -0.2) is 66.6 Å². The molecule has 0 unspecified atom stereocenters. The Morgan fingerprint density at radius 3 is 2.48 bits per heavy atom. The average Bonchev–Trinajstić information content (AvgIpc) is 3.47. The Kier molecular flexibility index (Phi) is 10.6. The number of thiophene rings is 1. The highest BCUT2D eigenvalue weighted by Gasteiger charge is 2.20. The number of aryl methyl sites for hydroxylation is 2. The van der Waals surface area contributed by atoms with Crippen LogP contribution in [-0.2, 0) is 28.9 Å². The Labute approximate surface area is 259 Å². The second kappa shape index (κ2) is 14.9. The molecule has 4 aromatic rings. The minimum atomic E-state index is -0.353. The van der Waals surface area contributed by atoms with Gasteiger partial charge >= 0.3 is 0 Å². The molecule has 12 nitrogen and oxygen atoms in total. The Morgan fingerprint density at radius 2 is 1.73 bits per heavy atom. The minimum absolute atomic E-state index is 0.0175. The van der Waals surface area contributed by atoms with Crippen LogP contribution >= 0.6 is 11.3 Å². The molecule has 0 bridgehead atoms. The number of nitrogens with zero attached hydrogens (tertiary/aromatic N) is 3. The first-order chi connectivity index (χ1) is 21.5. The molecule has 5 N–H and O–H groups in total. The number of aliphatic hydroxyl groups is 1. The van der Waals surface area contributed by atoms with Crippen molar-refractivity contribution in [2.45, 2.75) is 32.3 Å². The summed E-state index contributed by atoms with van der Waals surface area (Å²) >= 11 is 1.53. The van der Waals surface area contributed by atoms with Crippen molar-refractivity contribution in [3.63, 3.8) is 0 Å². The standard InChI is InChI=1S/C31H36N6O6S/c1-40-12-14-42-24-11-10-20(17-25(24)43-15-13-41-2)33-31-36-28(35-30(32)37-31)21-7-5-8-23(22(21)18-38)34-29(39)27-16-19-6-3-4-9-26(19)44-27/h5,7-8,10-11,16-17,38H,3-4,6,9,12-15,18H2,1-2H3,(H,34,39)(H3,32,33,35,36,37). The molecule has 0 spiro atoms. The highest BCUT2D eigenvalue weighted by Crippen LogP contribution is 2.34. The third-order valence-electron chi connectivity index (χ3n) is 6.99. The lowest BCUT2D eigenvalue weighted by atomic mass is 9.99. The normalized spacial score (nSPS) is 12.4. The average molecular weight is 621 g/mol. The molecule has 0 radical (unpaired) electrons. The summed E-state index contributed by atoms with van der Waals surface area (Å²) in [5.41, 5.74) is 9.40. The van der Waals surface area contributed by atoms with Crippen molar-refractivity contribution >= 4 is 40.5 Å². The lowest BCUT2D eigenvalue weighted by Gasteiger charge is -2.15. The van der Waals surface area contributed by atoms with E-state index in [9.17, 15) is 9.90 Å². The second-order valence-electron chi connectivity index (χ2n) is 10.0. The predicted octanol–water partition coefficient (Wildman–Crippen LogP) is 4.60. The summed E-state index contributed by atoms with van der Waals surface area (Å²) in [4.78, 5) is 28.3. The highest BCUT2D eigenvalue weighted by atomic mass is 32.1. The van der Waals surface area contributed by atoms with E-state index in [4.69, 9.17) is 24.7 Å². The molecular weight excluding hydrogens is 584 g/mol. The number of benzene rings is 2. The van der Waals surface area contributed by atoms with E-state index in [2.05, 4.69) is 25.6 Å². The molecule has 232 valence electrons. The number of anilines is 4. The first-order valence-electron chi connectivity index (χ1n) is 14.3. The van der Waals surface area contributed by atoms with Gasteiger partial charge in [0.05, 0.1) is 24.7 Å². The maximum atomic E-state index is 13.2. The molecule has 5 rings (SSSR count). The monoisotopic (exact) mass is 620 g/mol. The van der Waals surface area contributed by atoms with Crippen LogP contribution in [0, 0.1) is 0 Å². The van der Waals surface area contributed by atoms with Crippen LogP contribution in [0.5, 0.6) is 11.5 Å². The molecule has 1 aliphatic rings. The van der Waals surface area contributed by atoms with E-state index < -0.39 is 0 Å². The molecule has 44 heavy (non-hydrogen) atoms. The van der Waals surface area contributed by atoms with E-state index >= 15 is 0 Å². The zero-order valence-corrected chi connectivity index (χ0v) is 25.5. The number of nitrogens with one attached hydrogen (secondary N) is 2. The summed E-state index contributed by atoms with van der Waals surface area (Å²) < 4.78 is 21.8. The number of nitrogens with two attached hydrogens (primary N) is 1. The number of aliphatic hydroxyl groups excluding tert-OH is 1. The number of rotatable bonds is 14. The maximum absolute atomic E-state index is 13.2. The number of nitrogen functional groups attached to an aromatic ring is 1. The van der Waals surface area contributed by atoms with Gasteiger partial charge in [-0.05, 0) is 55.5 Å².